The molecule has 1 heterocycles. The summed E-state index contributed by atoms with van der Waals surface area (Å²) in [4.78, 5) is 39.9. The fourth-order valence-corrected chi connectivity index (χ4v) is 5.19. The summed E-state index contributed by atoms with van der Waals surface area (Å²) in [7, 11) is 0. The normalized spacial score (nSPS) is 15.3. The summed E-state index contributed by atoms with van der Waals surface area (Å²) in [5, 5.41) is 2.92. The standard InChI is InChI=1S/C32H33ClF2N6O4S/c1-4-23(33)16-44-15-22-6-5-19(2)13-27(22)41-28(42)17-46-32(41)40-31(43)39-26-12-7-21(14-20(26)3)29(36)38-18-37-24-8-10-25(11-9-24)45-30(34)35/h5-14,18,23,30H,4,15-17H2,1-3H3,(H,39,43)(H2,36,37,38)/b40-32-. The summed E-state index contributed by atoms with van der Waals surface area (Å²) >= 11 is 7.37. The van der Waals surface area contributed by atoms with Crippen LogP contribution in [0.1, 0.15) is 35.6 Å². The number of thioether (sulfide) groups is 1. The highest BCUT2D eigenvalue weighted by molar-refractivity contribution is 8.15. The number of nitrogens with zero attached hydrogens (tertiary/aromatic N) is 4. The second kappa shape index (κ2) is 16.3. The number of nitrogens with two attached hydrogens (primary N) is 1. The predicted octanol–water partition coefficient (Wildman–Crippen LogP) is 7.17. The van der Waals surface area contributed by atoms with Gasteiger partial charge in [-0.05, 0) is 79.9 Å². The fourth-order valence-electron chi connectivity index (χ4n) is 4.24. The smallest absolute Gasteiger partial charge is 0.387 e. The Morgan fingerprint density at radius 2 is 1.91 bits per heavy atom. The largest absolute Gasteiger partial charge is 0.435 e. The first-order valence-electron chi connectivity index (χ1n) is 14.2. The lowest BCUT2D eigenvalue weighted by molar-refractivity contribution is -0.115. The summed E-state index contributed by atoms with van der Waals surface area (Å²) in [6.45, 7) is 3.41. The van der Waals surface area contributed by atoms with Gasteiger partial charge in [-0.25, -0.2) is 14.8 Å². The Bertz CT molecular complexity index is 1650. The lowest BCUT2D eigenvalue weighted by Gasteiger charge is -2.21. The molecule has 1 aliphatic rings. The third-order valence-electron chi connectivity index (χ3n) is 6.67. The van der Waals surface area contributed by atoms with Gasteiger partial charge in [0.15, 0.2) is 5.17 Å². The van der Waals surface area contributed by atoms with E-state index in [9.17, 15) is 18.4 Å². The molecule has 1 saturated heterocycles. The van der Waals surface area contributed by atoms with Crippen LogP contribution in [0.25, 0.3) is 0 Å². The molecule has 0 aromatic heterocycles. The maximum absolute atomic E-state index is 13.0. The molecule has 0 aliphatic carbocycles. The number of benzene rings is 3. The van der Waals surface area contributed by atoms with Crippen LogP contribution < -0.4 is 20.7 Å². The van der Waals surface area contributed by atoms with Crippen molar-refractivity contribution in [2.24, 2.45) is 20.7 Å². The Labute approximate surface area is 274 Å². The zero-order valence-electron chi connectivity index (χ0n) is 25.4. The molecule has 3 N–H and O–H groups in total. The maximum atomic E-state index is 13.0. The molecular formula is C32H33ClF2N6O4S. The van der Waals surface area contributed by atoms with Crippen molar-refractivity contribution in [2.45, 2.75) is 45.8 Å². The number of amidine groups is 2. The number of rotatable bonds is 12. The molecule has 0 radical (unpaired) electrons. The average molecular weight is 671 g/mol. The summed E-state index contributed by atoms with van der Waals surface area (Å²) in [6.07, 6.45) is 2.02. The van der Waals surface area contributed by atoms with Crippen molar-refractivity contribution < 1.29 is 27.8 Å². The van der Waals surface area contributed by atoms with Crippen molar-refractivity contribution in [3.8, 4) is 5.75 Å². The van der Waals surface area contributed by atoms with Gasteiger partial charge in [-0.3, -0.25) is 9.69 Å². The van der Waals surface area contributed by atoms with E-state index in [1.807, 2.05) is 32.0 Å². The topological polar surface area (TPSA) is 131 Å². The molecule has 1 fully saturated rings. The number of aryl methyl sites for hydroxylation is 2. The number of amides is 3. The molecule has 3 aromatic rings. The Balaban J connectivity index is 1.43. The van der Waals surface area contributed by atoms with Gasteiger partial charge in [-0.15, -0.1) is 11.6 Å². The highest BCUT2D eigenvalue weighted by Crippen LogP contribution is 2.31. The van der Waals surface area contributed by atoms with Crippen molar-refractivity contribution in [2.75, 3.05) is 22.6 Å². The van der Waals surface area contributed by atoms with Crippen LogP contribution in [0.15, 0.2) is 75.6 Å². The highest BCUT2D eigenvalue weighted by atomic mass is 35.5. The Kier molecular flexibility index (Phi) is 12.2. The second-order valence-corrected chi connectivity index (χ2v) is 11.7. The monoisotopic (exact) mass is 670 g/mol. The van der Waals surface area contributed by atoms with Gasteiger partial charge in [0.25, 0.3) is 0 Å². The molecule has 46 heavy (non-hydrogen) atoms. The van der Waals surface area contributed by atoms with E-state index in [0.29, 0.717) is 34.8 Å². The fraction of sp³-hybridized carbons (Fsp3) is 0.281. The second-order valence-electron chi connectivity index (χ2n) is 10.2. The van der Waals surface area contributed by atoms with E-state index in [1.54, 1.807) is 25.1 Å². The van der Waals surface area contributed by atoms with Crippen LogP contribution in [0, 0.1) is 13.8 Å². The van der Waals surface area contributed by atoms with E-state index >= 15 is 0 Å². The molecule has 0 bridgehead atoms. The summed E-state index contributed by atoms with van der Waals surface area (Å²) in [6, 6.07) is 15.9. The number of hydrogen-bond acceptors (Lipinski definition) is 6. The van der Waals surface area contributed by atoms with Crippen molar-refractivity contribution in [3.05, 3.63) is 82.9 Å². The Morgan fingerprint density at radius 3 is 2.61 bits per heavy atom. The van der Waals surface area contributed by atoms with Gasteiger partial charge in [0.1, 0.15) is 17.9 Å². The molecule has 0 saturated carbocycles. The van der Waals surface area contributed by atoms with E-state index < -0.39 is 12.6 Å². The van der Waals surface area contributed by atoms with Gasteiger partial charge in [-0.1, -0.05) is 30.8 Å². The van der Waals surface area contributed by atoms with E-state index in [0.717, 1.165) is 17.5 Å². The lowest BCUT2D eigenvalue weighted by atomic mass is 10.1. The zero-order chi connectivity index (χ0) is 33.2. The molecule has 3 aromatic carbocycles. The minimum Gasteiger partial charge on any atom is -0.435 e. The Morgan fingerprint density at radius 1 is 1.15 bits per heavy atom. The number of carbonyl (C=O) groups excluding carboxylic acids is 2. The first kappa shape index (κ1) is 34.5. The molecule has 14 heteroatoms. The molecule has 1 aliphatic heterocycles. The van der Waals surface area contributed by atoms with Gasteiger partial charge in [0, 0.05) is 16.8 Å². The number of anilines is 2. The molecule has 1 unspecified atom stereocenters. The van der Waals surface area contributed by atoms with E-state index in [-0.39, 0.29) is 40.4 Å². The van der Waals surface area contributed by atoms with Crippen molar-refractivity contribution in [1.82, 2.24) is 0 Å². The van der Waals surface area contributed by atoms with Crippen LogP contribution in [0.5, 0.6) is 5.75 Å². The highest BCUT2D eigenvalue weighted by Gasteiger charge is 2.32. The number of ether oxygens (including phenoxy) is 2. The minimum absolute atomic E-state index is 0.0215. The van der Waals surface area contributed by atoms with Crippen LogP contribution >= 0.6 is 23.4 Å². The number of urea groups is 1. The van der Waals surface area contributed by atoms with Crippen molar-refractivity contribution in [3.63, 3.8) is 0 Å². The summed E-state index contributed by atoms with van der Waals surface area (Å²) < 4.78 is 34.7. The molecule has 0 spiro atoms. The molecular weight excluding hydrogens is 638 g/mol. The Hall–Kier alpha value is -4.33. The number of nitrogens with one attached hydrogen (secondary N) is 1. The van der Waals surface area contributed by atoms with Gasteiger partial charge >= 0.3 is 12.6 Å². The summed E-state index contributed by atoms with van der Waals surface area (Å²) in [5.74, 6) is 0.152. The molecule has 3 amide bonds. The van der Waals surface area contributed by atoms with Crippen LogP contribution in [0.3, 0.4) is 0 Å². The number of aliphatic imine (C=N–C) groups is 3. The molecule has 1 atom stereocenters. The van der Waals surface area contributed by atoms with Gasteiger partial charge in [0.05, 0.1) is 35.7 Å². The number of carbonyl (C=O) groups is 2. The molecule has 10 nitrogen and oxygen atoms in total. The van der Waals surface area contributed by atoms with E-state index in [4.69, 9.17) is 22.1 Å². The van der Waals surface area contributed by atoms with E-state index in [1.165, 1.54) is 47.3 Å². The minimum atomic E-state index is -2.91. The number of halogens is 3. The summed E-state index contributed by atoms with van der Waals surface area (Å²) in [5.41, 5.74) is 10.7. The number of hydrogen-bond donors (Lipinski definition) is 2. The quantitative estimate of drug-likeness (QED) is 0.119. The van der Waals surface area contributed by atoms with Crippen molar-refractivity contribution >= 4 is 69.7 Å². The molecule has 242 valence electrons. The third kappa shape index (κ3) is 9.59. The first-order valence-corrected chi connectivity index (χ1v) is 15.6. The third-order valence-corrected chi connectivity index (χ3v) is 8.03. The van der Waals surface area contributed by atoms with Gasteiger partial charge in [-0.2, -0.15) is 13.8 Å². The van der Waals surface area contributed by atoms with Crippen LogP contribution in [0.4, 0.5) is 30.6 Å². The van der Waals surface area contributed by atoms with Crippen molar-refractivity contribution in [1.29, 1.82) is 0 Å². The van der Waals surface area contributed by atoms with Gasteiger partial charge < -0.3 is 20.5 Å². The first-order chi connectivity index (χ1) is 22.0. The van der Waals surface area contributed by atoms with Crippen LogP contribution in [0.2, 0.25) is 0 Å². The van der Waals surface area contributed by atoms with E-state index in [2.05, 4.69) is 25.0 Å². The van der Waals surface area contributed by atoms with Gasteiger partial charge in [0.2, 0.25) is 5.91 Å². The SMILES string of the molecule is CCC(Cl)COCc1ccc(C)cc1N1C(=O)CS/C1=N\C(=O)Nc1ccc(C(N)=NC=Nc2ccc(OC(F)F)cc2)cc1C. The van der Waals surface area contributed by atoms with Crippen LogP contribution in [-0.4, -0.2) is 53.6 Å². The predicted molar refractivity (Wildman–Crippen MR) is 180 cm³/mol. The maximum Gasteiger partial charge on any atom is 0.387 e. The van der Waals surface area contributed by atoms with Crippen LogP contribution in [-0.2, 0) is 16.1 Å². The lowest BCUT2D eigenvalue weighted by Crippen LogP contribution is -2.31. The number of alkyl halides is 3. The molecule has 4 rings (SSSR count). The average Bonchev–Trinajstić information content (AvgIpc) is 3.38. The zero-order valence-corrected chi connectivity index (χ0v) is 26.9.